The quantitative estimate of drug-likeness (QED) is 0.854. The van der Waals surface area contributed by atoms with Crippen LogP contribution in [0.2, 0.25) is 0 Å². The molecule has 1 aromatic heterocycles. The minimum Gasteiger partial charge on any atom is -0.378 e. The van der Waals surface area contributed by atoms with Gasteiger partial charge in [-0.2, -0.15) is 5.10 Å². The fourth-order valence-electron chi connectivity index (χ4n) is 1.64. The summed E-state index contributed by atoms with van der Waals surface area (Å²) < 4.78 is 40.5. The molecule has 1 N–H and O–H groups in total. The second kappa shape index (κ2) is 4.72. The van der Waals surface area contributed by atoms with E-state index in [0.29, 0.717) is 0 Å². The lowest BCUT2D eigenvalue weighted by Gasteiger charge is -2.14. The zero-order valence-corrected chi connectivity index (χ0v) is 9.92. The molecule has 0 amide bonds. The van der Waals surface area contributed by atoms with E-state index < -0.39 is 17.5 Å². The average Bonchev–Trinajstić information content (AvgIpc) is 2.72. The van der Waals surface area contributed by atoms with Crippen molar-refractivity contribution < 1.29 is 13.2 Å². The summed E-state index contributed by atoms with van der Waals surface area (Å²) in [4.78, 5) is 0. The monoisotopic (exact) mass is 255 g/mol. The maximum Gasteiger partial charge on any atom is 0.194 e. The average molecular weight is 255 g/mol. The molecule has 1 aromatic carbocycles. The number of hydrogen-bond acceptors (Lipinski definition) is 2. The topological polar surface area (TPSA) is 29.9 Å². The summed E-state index contributed by atoms with van der Waals surface area (Å²) in [6.07, 6.45) is 3.43. The molecular formula is C12H12F3N3. The number of aromatic nitrogens is 2. The van der Waals surface area contributed by atoms with E-state index in [0.717, 1.165) is 17.7 Å². The molecule has 1 atom stereocenters. The van der Waals surface area contributed by atoms with Crippen molar-refractivity contribution in [1.82, 2.24) is 9.78 Å². The maximum absolute atomic E-state index is 13.0. The molecule has 18 heavy (non-hydrogen) atoms. The Morgan fingerprint density at radius 3 is 2.33 bits per heavy atom. The van der Waals surface area contributed by atoms with E-state index in [1.54, 1.807) is 24.1 Å². The number of nitrogens with zero attached hydrogens (tertiary/aromatic N) is 2. The molecule has 3 nitrogen and oxygen atoms in total. The van der Waals surface area contributed by atoms with Crippen LogP contribution in [0.5, 0.6) is 0 Å². The fourth-order valence-corrected chi connectivity index (χ4v) is 1.64. The van der Waals surface area contributed by atoms with Crippen LogP contribution in [0.15, 0.2) is 24.5 Å². The molecule has 1 heterocycles. The third kappa shape index (κ3) is 2.47. The summed E-state index contributed by atoms with van der Waals surface area (Å²) in [6.45, 7) is 1.82. The van der Waals surface area contributed by atoms with Gasteiger partial charge >= 0.3 is 0 Å². The Balaban J connectivity index is 2.19. The van der Waals surface area contributed by atoms with Crippen molar-refractivity contribution in [2.24, 2.45) is 7.05 Å². The van der Waals surface area contributed by atoms with Crippen molar-refractivity contribution in [1.29, 1.82) is 0 Å². The smallest absolute Gasteiger partial charge is 0.194 e. The molecule has 0 aliphatic carbocycles. The van der Waals surface area contributed by atoms with E-state index in [-0.39, 0.29) is 11.7 Å². The molecular weight excluding hydrogens is 243 g/mol. The lowest BCUT2D eigenvalue weighted by molar-refractivity contribution is 0.447. The summed E-state index contributed by atoms with van der Waals surface area (Å²) in [6, 6.07) is 1.65. The highest BCUT2D eigenvalue weighted by Crippen LogP contribution is 2.22. The summed E-state index contributed by atoms with van der Waals surface area (Å²) >= 11 is 0. The van der Waals surface area contributed by atoms with Crippen molar-refractivity contribution in [3.8, 4) is 0 Å². The number of anilines is 1. The Morgan fingerprint density at radius 2 is 1.83 bits per heavy atom. The minimum atomic E-state index is -1.46. The second-order valence-corrected chi connectivity index (χ2v) is 4.07. The first-order chi connectivity index (χ1) is 8.47. The number of benzene rings is 1. The first-order valence-electron chi connectivity index (χ1n) is 5.37. The minimum absolute atomic E-state index is 0.183. The fraction of sp³-hybridized carbons (Fsp3) is 0.250. The van der Waals surface area contributed by atoms with Gasteiger partial charge in [-0.3, -0.25) is 4.68 Å². The van der Waals surface area contributed by atoms with Crippen molar-refractivity contribution in [3.63, 3.8) is 0 Å². The molecule has 0 aliphatic heterocycles. The molecule has 0 saturated carbocycles. The van der Waals surface area contributed by atoms with Crippen molar-refractivity contribution in [2.45, 2.75) is 13.0 Å². The second-order valence-electron chi connectivity index (χ2n) is 4.07. The Kier molecular flexibility index (Phi) is 3.27. The zero-order valence-electron chi connectivity index (χ0n) is 9.92. The third-order valence-corrected chi connectivity index (χ3v) is 2.59. The first kappa shape index (κ1) is 12.5. The van der Waals surface area contributed by atoms with Crippen molar-refractivity contribution >= 4 is 5.69 Å². The van der Waals surface area contributed by atoms with Gasteiger partial charge in [-0.05, 0) is 6.92 Å². The van der Waals surface area contributed by atoms with Gasteiger partial charge in [0.2, 0.25) is 0 Å². The van der Waals surface area contributed by atoms with Crippen LogP contribution in [0.3, 0.4) is 0 Å². The zero-order chi connectivity index (χ0) is 13.3. The van der Waals surface area contributed by atoms with Crippen LogP contribution in [-0.4, -0.2) is 9.78 Å². The van der Waals surface area contributed by atoms with Gasteiger partial charge in [-0.25, -0.2) is 13.2 Å². The molecule has 1 unspecified atom stereocenters. The van der Waals surface area contributed by atoms with E-state index in [9.17, 15) is 13.2 Å². The lowest BCUT2D eigenvalue weighted by atomic mass is 10.2. The lowest BCUT2D eigenvalue weighted by Crippen LogP contribution is -2.07. The number of rotatable bonds is 3. The van der Waals surface area contributed by atoms with Gasteiger partial charge < -0.3 is 5.32 Å². The highest BCUT2D eigenvalue weighted by atomic mass is 19.2. The van der Waals surface area contributed by atoms with E-state index in [1.165, 1.54) is 0 Å². The standard InChI is InChI=1S/C12H12F3N3/c1-7(8-5-16-18(2)6-8)17-9-3-10(13)12(15)11(14)4-9/h3-7,17H,1-2H3. The van der Waals surface area contributed by atoms with Gasteiger partial charge in [0.15, 0.2) is 17.5 Å². The Bertz CT molecular complexity index is 542. The number of hydrogen-bond donors (Lipinski definition) is 1. The normalized spacial score (nSPS) is 12.5. The van der Waals surface area contributed by atoms with Crippen molar-refractivity contribution in [2.75, 3.05) is 5.32 Å². The van der Waals surface area contributed by atoms with Gasteiger partial charge in [0.05, 0.1) is 12.2 Å². The molecule has 2 rings (SSSR count). The van der Waals surface area contributed by atoms with Crippen LogP contribution in [0.1, 0.15) is 18.5 Å². The van der Waals surface area contributed by atoms with Gasteiger partial charge in [0, 0.05) is 36.6 Å². The van der Waals surface area contributed by atoms with Gasteiger partial charge in [-0.15, -0.1) is 0 Å². The summed E-state index contributed by atoms with van der Waals surface area (Å²) in [5.41, 5.74) is 1.05. The molecule has 0 aliphatic rings. The Labute approximate surface area is 102 Å². The predicted molar refractivity (Wildman–Crippen MR) is 61.6 cm³/mol. The van der Waals surface area contributed by atoms with Crippen LogP contribution < -0.4 is 5.32 Å². The van der Waals surface area contributed by atoms with Gasteiger partial charge in [-0.1, -0.05) is 0 Å². The van der Waals surface area contributed by atoms with Crippen LogP contribution in [0, 0.1) is 17.5 Å². The summed E-state index contributed by atoms with van der Waals surface area (Å²) in [5.74, 6) is -3.89. The van der Waals surface area contributed by atoms with E-state index in [4.69, 9.17) is 0 Å². The molecule has 2 aromatic rings. The van der Waals surface area contributed by atoms with E-state index in [2.05, 4.69) is 10.4 Å². The molecule has 6 heteroatoms. The van der Waals surface area contributed by atoms with Gasteiger partial charge in [0.25, 0.3) is 0 Å². The third-order valence-electron chi connectivity index (χ3n) is 2.59. The van der Waals surface area contributed by atoms with Crippen LogP contribution >= 0.6 is 0 Å². The SMILES string of the molecule is CC(Nc1cc(F)c(F)c(F)c1)c1cnn(C)c1. The molecule has 0 spiro atoms. The first-order valence-corrected chi connectivity index (χ1v) is 5.37. The van der Waals surface area contributed by atoms with Crippen LogP contribution in [-0.2, 0) is 7.05 Å². The maximum atomic E-state index is 13.0. The largest absolute Gasteiger partial charge is 0.378 e. The number of halogens is 3. The molecule has 0 radical (unpaired) electrons. The Hall–Kier alpha value is -1.98. The number of nitrogens with one attached hydrogen (secondary N) is 1. The summed E-state index contributed by atoms with van der Waals surface area (Å²) in [7, 11) is 1.77. The molecule has 0 bridgehead atoms. The highest BCUT2D eigenvalue weighted by molar-refractivity contribution is 5.46. The molecule has 96 valence electrons. The van der Waals surface area contributed by atoms with E-state index in [1.807, 2.05) is 6.92 Å². The Morgan fingerprint density at radius 1 is 1.22 bits per heavy atom. The van der Waals surface area contributed by atoms with Crippen molar-refractivity contribution in [3.05, 3.63) is 47.5 Å². The molecule has 0 saturated heterocycles. The van der Waals surface area contributed by atoms with Crippen LogP contribution in [0.25, 0.3) is 0 Å². The van der Waals surface area contributed by atoms with Gasteiger partial charge in [0.1, 0.15) is 0 Å². The number of aryl methyl sites for hydroxylation is 1. The predicted octanol–water partition coefficient (Wildman–Crippen LogP) is 3.01. The molecule has 0 fully saturated rings. The highest BCUT2D eigenvalue weighted by Gasteiger charge is 2.13. The van der Waals surface area contributed by atoms with Crippen LogP contribution in [0.4, 0.5) is 18.9 Å². The van der Waals surface area contributed by atoms with E-state index >= 15 is 0 Å². The summed E-state index contributed by atoms with van der Waals surface area (Å²) in [5, 5.41) is 6.88.